The second-order valence-corrected chi connectivity index (χ2v) is 7.85. The van der Waals surface area contributed by atoms with E-state index in [2.05, 4.69) is 31.3 Å². The highest BCUT2D eigenvalue weighted by atomic mass is 79.9. The number of halogens is 2. The van der Waals surface area contributed by atoms with E-state index in [0.717, 1.165) is 21.3 Å². The Morgan fingerprint density at radius 2 is 1.80 bits per heavy atom. The van der Waals surface area contributed by atoms with Gasteiger partial charge in [-0.15, -0.1) is 5.10 Å². The largest absolute Gasteiger partial charge is 0.319 e. The third kappa shape index (κ3) is 4.16. The number of nitrogens with one attached hydrogen (secondary N) is 1. The van der Waals surface area contributed by atoms with Crippen LogP contribution in [-0.2, 0) is 0 Å². The maximum atomic E-state index is 13.4. The van der Waals surface area contributed by atoms with Crippen molar-refractivity contribution in [2.45, 2.75) is 13.8 Å². The molecule has 0 aliphatic carbocycles. The average molecular weight is 465 g/mol. The van der Waals surface area contributed by atoms with E-state index < -0.39 is 5.91 Å². The number of aryl methyl sites for hydroxylation is 2. The van der Waals surface area contributed by atoms with Gasteiger partial charge < -0.3 is 5.32 Å². The highest BCUT2D eigenvalue weighted by Gasteiger charge is 2.20. The predicted octanol–water partition coefficient (Wildman–Crippen LogP) is 5.71. The summed E-state index contributed by atoms with van der Waals surface area (Å²) in [5.74, 6) is -0.292. The molecule has 3 aromatic carbocycles. The highest BCUT2D eigenvalue weighted by Crippen LogP contribution is 2.25. The van der Waals surface area contributed by atoms with Crippen LogP contribution >= 0.6 is 15.9 Å². The van der Waals surface area contributed by atoms with Gasteiger partial charge in [-0.25, -0.2) is 14.1 Å². The molecule has 0 saturated heterocycles. The molecule has 150 valence electrons. The molecule has 0 aliphatic heterocycles. The first kappa shape index (κ1) is 20.0. The molecule has 1 amide bonds. The Kier molecular flexibility index (Phi) is 5.46. The summed E-state index contributed by atoms with van der Waals surface area (Å²) in [6.07, 6.45) is 0. The van der Waals surface area contributed by atoms with E-state index >= 15 is 0 Å². The number of rotatable bonds is 4. The summed E-state index contributed by atoms with van der Waals surface area (Å²) in [5.41, 5.74) is 4.19. The fraction of sp³-hybridized carbons (Fsp3) is 0.0870. The van der Waals surface area contributed by atoms with Crippen LogP contribution in [0.1, 0.15) is 21.7 Å². The standard InChI is InChI=1S/C23H18BrFN4O/c1-14-6-11-20(15(2)12-14)29-22(16-7-9-18(25)10-8-16)27-21(28-29)23(30)26-19-5-3-4-17(24)13-19/h3-13H,1-2H3,(H,26,30). The van der Waals surface area contributed by atoms with Crippen molar-refractivity contribution in [3.8, 4) is 17.1 Å². The molecule has 0 bridgehead atoms. The van der Waals surface area contributed by atoms with E-state index in [0.29, 0.717) is 17.1 Å². The zero-order valence-corrected chi connectivity index (χ0v) is 17.9. The summed E-state index contributed by atoms with van der Waals surface area (Å²) in [7, 11) is 0. The summed E-state index contributed by atoms with van der Waals surface area (Å²) in [6, 6.07) is 19.2. The van der Waals surface area contributed by atoms with Crippen molar-refractivity contribution in [2.24, 2.45) is 0 Å². The zero-order chi connectivity index (χ0) is 21.3. The molecule has 0 aliphatic rings. The van der Waals surface area contributed by atoms with E-state index in [1.807, 2.05) is 44.2 Å². The van der Waals surface area contributed by atoms with Gasteiger partial charge >= 0.3 is 0 Å². The lowest BCUT2D eigenvalue weighted by Gasteiger charge is -2.10. The molecule has 0 fully saturated rings. The van der Waals surface area contributed by atoms with Crippen molar-refractivity contribution in [3.63, 3.8) is 0 Å². The Morgan fingerprint density at radius 1 is 1.03 bits per heavy atom. The second kappa shape index (κ2) is 8.20. The monoisotopic (exact) mass is 464 g/mol. The number of benzene rings is 3. The maximum absolute atomic E-state index is 13.4. The Balaban J connectivity index is 1.79. The van der Waals surface area contributed by atoms with E-state index in [1.54, 1.807) is 28.9 Å². The molecular formula is C23H18BrFN4O. The molecule has 30 heavy (non-hydrogen) atoms. The number of hydrogen-bond donors (Lipinski definition) is 1. The molecule has 1 heterocycles. The van der Waals surface area contributed by atoms with Gasteiger partial charge in [-0.05, 0) is 67.9 Å². The number of amides is 1. The van der Waals surface area contributed by atoms with Crippen molar-refractivity contribution in [1.29, 1.82) is 0 Å². The molecule has 1 aromatic heterocycles. The van der Waals surface area contributed by atoms with E-state index in [-0.39, 0.29) is 11.6 Å². The Hall–Kier alpha value is -3.32. The first-order valence-electron chi connectivity index (χ1n) is 9.28. The van der Waals surface area contributed by atoms with Crippen LogP contribution in [0.25, 0.3) is 17.1 Å². The lowest BCUT2D eigenvalue weighted by molar-refractivity contribution is 0.101. The number of anilines is 1. The molecule has 0 spiro atoms. The molecule has 4 rings (SSSR count). The molecule has 0 atom stereocenters. The number of hydrogen-bond acceptors (Lipinski definition) is 3. The van der Waals surface area contributed by atoms with Crippen molar-refractivity contribution in [2.75, 3.05) is 5.32 Å². The SMILES string of the molecule is Cc1ccc(-n2nc(C(=O)Nc3cccc(Br)c3)nc2-c2ccc(F)cc2)c(C)c1. The van der Waals surface area contributed by atoms with Gasteiger partial charge in [-0.3, -0.25) is 4.79 Å². The number of aromatic nitrogens is 3. The lowest BCUT2D eigenvalue weighted by atomic mass is 10.1. The predicted molar refractivity (Wildman–Crippen MR) is 118 cm³/mol. The number of nitrogens with zero attached hydrogens (tertiary/aromatic N) is 3. The second-order valence-electron chi connectivity index (χ2n) is 6.93. The van der Waals surface area contributed by atoms with Gasteiger partial charge in [0.25, 0.3) is 5.91 Å². The van der Waals surface area contributed by atoms with Crippen LogP contribution < -0.4 is 5.32 Å². The van der Waals surface area contributed by atoms with E-state index in [9.17, 15) is 9.18 Å². The highest BCUT2D eigenvalue weighted by molar-refractivity contribution is 9.10. The number of carbonyl (C=O) groups is 1. The normalized spacial score (nSPS) is 10.8. The molecular weight excluding hydrogens is 447 g/mol. The molecule has 1 N–H and O–H groups in total. The van der Waals surface area contributed by atoms with Crippen molar-refractivity contribution in [1.82, 2.24) is 14.8 Å². The Morgan fingerprint density at radius 3 is 2.50 bits per heavy atom. The molecule has 0 saturated carbocycles. The first-order chi connectivity index (χ1) is 14.4. The minimum atomic E-state index is -0.431. The molecule has 5 nitrogen and oxygen atoms in total. The third-order valence-electron chi connectivity index (χ3n) is 4.58. The topological polar surface area (TPSA) is 59.8 Å². The Bertz CT molecular complexity index is 1230. The summed E-state index contributed by atoms with van der Waals surface area (Å²) in [6.45, 7) is 3.98. The summed E-state index contributed by atoms with van der Waals surface area (Å²) < 4.78 is 15.9. The first-order valence-corrected chi connectivity index (χ1v) is 10.1. The van der Waals surface area contributed by atoms with Gasteiger partial charge in [-0.2, -0.15) is 0 Å². The van der Waals surface area contributed by atoms with Crippen molar-refractivity contribution >= 4 is 27.5 Å². The third-order valence-corrected chi connectivity index (χ3v) is 5.07. The summed E-state index contributed by atoms with van der Waals surface area (Å²) >= 11 is 3.39. The van der Waals surface area contributed by atoms with Crippen LogP contribution in [0.15, 0.2) is 71.2 Å². The van der Waals surface area contributed by atoms with Crippen LogP contribution in [0.5, 0.6) is 0 Å². The van der Waals surface area contributed by atoms with Crippen LogP contribution in [0.2, 0.25) is 0 Å². The summed E-state index contributed by atoms with van der Waals surface area (Å²) in [5, 5.41) is 7.28. The van der Waals surface area contributed by atoms with Gasteiger partial charge in [-0.1, -0.05) is 39.7 Å². The van der Waals surface area contributed by atoms with Crippen molar-refractivity contribution < 1.29 is 9.18 Å². The molecule has 0 unspecified atom stereocenters. The van der Waals surface area contributed by atoms with E-state index in [1.165, 1.54) is 12.1 Å². The van der Waals surface area contributed by atoms with Crippen LogP contribution in [-0.4, -0.2) is 20.7 Å². The van der Waals surface area contributed by atoms with Crippen LogP contribution in [0.3, 0.4) is 0 Å². The average Bonchev–Trinajstić information content (AvgIpc) is 3.14. The van der Waals surface area contributed by atoms with Crippen LogP contribution in [0, 0.1) is 19.7 Å². The van der Waals surface area contributed by atoms with Crippen molar-refractivity contribution in [3.05, 3.63) is 94.0 Å². The van der Waals surface area contributed by atoms with Crippen LogP contribution in [0.4, 0.5) is 10.1 Å². The van der Waals surface area contributed by atoms with E-state index in [4.69, 9.17) is 0 Å². The van der Waals surface area contributed by atoms with Gasteiger partial charge in [0.1, 0.15) is 5.82 Å². The molecule has 0 radical (unpaired) electrons. The minimum Gasteiger partial charge on any atom is -0.319 e. The Labute approximate surface area is 181 Å². The fourth-order valence-electron chi connectivity index (χ4n) is 3.16. The quantitative estimate of drug-likeness (QED) is 0.420. The summed E-state index contributed by atoms with van der Waals surface area (Å²) in [4.78, 5) is 17.3. The molecule has 4 aromatic rings. The van der Waals surface area contributed by atoms with Gasteiger partial charge in [0.05, 0.1) is 5.69 Å². The minimum absolute atomic E-state index is 0.0225. The zero-order valence-electron chi connectivity index (χ0n) is 16.4. The van der Waals surface area contributed by atoms with Gasteiger partial charge in [0.2, 0.25) is 5.82 Å². The van der Waals surface area contributed by atoms with Gasteiger partial charge in [0.15, 0.2) is 5.82 Å². The fourth-order valence-corrected chi connectivity index (χ4v) is 3.56. The van der Waals surface area contributed by atoms with Gasteiger partial charge in [0, 0.05) is 15.7 Å². The maximum Gasteiger partial charge on any atom is 0.295 e. The smallest absolute Gasteiger partial charge is 0.295 e. The lowest BCUT2D eigenvalue weighted by Crippen LogP contribution is -2.14. The number of carbonyl (C=O) groups excluding carboxylic acids is 1. The molecule has 7 heteroatoms.